The van der Waals surface area contributed by atoms with Gasteiger partial charge >= 0.3 is 6.18 Å². The molecule has 0 radical (unpaired) electrons. The summed E-state index contributed by atoms with van der Waals surface area (Å²) in [5.41, 5.74) is 5.15. The molecule has 18 heavy (non-hydrogen) atoms. The summed E-state index contributed by atoms with van der Waals surface area (Å²) < 4.78 is 42.9. The maximum Gasteiger partial charge on any atom is 0.407 e. The van der Waals surface area contributed by atoms with Crippen LogP contribution >= 0.6 is 12.4 Å². The molecule has 1 aromatic carbocycles. The van der Waals surface area contributed by atoms with Gasteiger partial charge in [0.25, 0.3) is 0 Å². The molecule has 2 nitrogen and oxygen atoms in total. The zero-order valence-corrected chi connectivity index (χ0v) is 10.9. The van der Waals surface area contributed by atoms with Crippen LogP contribution in [-0.4, -0.2) is 12.8 Å². The highest BCUT2D eigenvalue weighted by Gasteiger charge is 2.39. The highest BCUT2D eigenvalue weighted by atomic mass is 35.5. The lowest BCUT2D eigenvalue weighted by Gasteiger charge is -2.19. The zero-order valence-electron chi connectivity index (χ0n) is 10.0. The number of unbranched alkanes of at least 4 members (excludes halogenated alkanes) is 1. The molecule has 0 fully saturated rings. The second-order valence-corrected chi connectivity index (χ2v) is 3.76. The van der Waals surface area contributed by atoms with Crippen LogP contribution in [0.5, 0.6) is 5.75 Å². The summed E-state index contributed by atoms with van der Waals surface area (Å²) in [5.74, 6) is 0.214. The molecule has 0 saturated heterocycles. The Kier molecular flexibility index (Phi) is 7.09. The van der Waals surface area contributed by atoms with Crippen molar-refractivity contribution in [2.45, 2.75) is 32.0 Å². The molecule has 104 valence electrons. The summed E-state index contributed by atoms with van der Waals surface area (Å²) in [4.78, 5) is 0. The predicted octanol–water partition coefficient (Wildman–Crippen LogP) is 3.85. The monoisotopic (exact) mass is 283 g/mol. The normalized spacial score (nSPS) is 12.7. The summed E-state index contributed by atoms with van der Waals surface area (Å²) in [5, 5.41) is 0. The number of alkyl halides is 3. The van der Waals surface area contributed by atoms with Crippen molar-refractivity contribution < 1.29 is 17.9 Å². The minimum Gasteiger partial charge on any atom is -0.493 e. The van der Waals surface area contributed by atoms with Crippen LogP contribution in [0.3, 0.4) is 0 Å². The number of para-hydroxylation sites is 1. The molecule has 0 heterocycles. The molecule has 6 heteroatoms. The summed E-state index contributed by atoms with van der Waals surface area (Å²) in [7, 11) is 0. The van der Waals surface area contributed by atoms with Crippen LogP contribution in [0.4, 0.5) is 13.2 Å². The summed E-state index contributed by atoms with van der Waals surface area (Å²) in [6, 6.07) is 4.01. The maximum atomic E-state index is 12.5. The lowest BCUT2D eigenvalue weighted by atomic mass is 10.1. The van der Waals surface area contributed by atoms with E-state index in [1.165, 1.54) is 18.2 Å². The smallest absolute Gasteiger partial charge is 0.407 e. The van der Waals surface area contributed by atoms with Crippen LogP contribution in [-0.2, 0) is 0 Å². The molecule has 0 aromatic heterocycles. The number of rotatable bonds is 5. The fourth-order valence-corrected chi connectivity index (χ4v) is 1.37. The van der Waals surface area contributed by atoms with Crippen LogP contribution < -0.4 is 10.5 Å². The second-order valence-electron chi connectivity index (χ2n) is 3.76. The average Bonchev–Trinajstić information content (AvgIpc) is 2.28. The fourth-order valence-electron chi connectivity index (χ4n) is 1.37. The Bertz CT molecular complexity index is 357. The molecular weight excluding hydrogens is 267 g/mol. The number of hydrogen-bond acceptors (Lipinski definition) is 2. The lowest BCUT2D eigenvalue weighted by Crippen LogP contribution is -2.28. The van der Waals surface area contributed by atoms with Gasteiger partial charge in [-0.25, -0.2) is 0 Å². The molecule has 1 rings (SSSR count). The molecule has 2 N–H and O–H groups in total. The molecular formula is C12H17ClF3NO. The molecule has 0 amide bonds. The van der Waals surface area contributed by atoms with E-state index in [-0.39, 0.29) is 23.7 Å². The van der Waals surface area contributed by atoms with Crippen molar-refractivity contribution in [3.8, 4) is 5.75 Å². The summed E-state index contributed by atoms with van der Waals surface area (Å²) in [6.07, 6.45) is -2.73. The maximum absolute atomic E-state index is 12.5. The number of halogens is 4. The molecule has 0 spiro atoms. The first-order valence-electron chi connectivity index (χ1n) is 5.50. The fraction of sp³-hybridized carbons (Fsp3) is 0.500. The van der Waals surface area contributed by atoms with Crippen molar-refractivity contribution in [1.29, 1.82) is 0 Å². The van der Waals surface area contributed by atoms with E-state index < -0.39 is 12.2 Å². The standard InChI is InChI=1S/C12H16F3NO.ClH/c1-2-3-8-17-10-7-5-4-6-9(10)11(16)12(13,14)15;/h4-7,11H,2-3,8,16H2,1H3;1H/t11-;/m0./s1. The number of hydrogen-bond donors (Lipinski definition) is 1. The topological polar surface area (TPSA) is 35.2 Å². The summed E-state index contributed by atoms with van der Waals surface area (Å²) >= 11 is 0. The molecule has 0 aliphatic heterocycles. The first kappa shape index (κ1) is 17.1. The van der Waals surface area contributed by atoms with E-state index in [0.29, 0.717) is 6.61 Å². The van der Waals surface area contributed by atoms with Crippen molar-refractivity contribution in [1.82, 2.24) is 0 Å². The minimum atomic E-state index is -4.45. The van der Waals surface area contributed by atoms with Gasteiger partial charge < -0.3 is 10.5 Å². The van der Waals surface area contributed by atoms with E-state index in [2.05, 4.69) is 0 Å². The van der Waals surface area contributed by atoms with Gasteiger partial charge in [-0.3, -0.25) is 0 Å². The highest BCUT2D eigenvalue weighted by Crippen LogP contribution is 2.35. The predicted molar refractivity (Wildman–Crippen MR) is 67.1 cm³/mol. The molecule has 1 aromatic rings. The van der Waals surface area contributed by atoms with Crippen LogP contribution in [0.15, 0.2) is 24.3 Å². The SMILES string of the molecule is CCCCOc1ccccc1[C@H](N)C(F)(F)F.Cl. The van der Waals surface area contributed by atoms with Crippen LogP contribution in [0, 0.1) is 0 Å². The number of ether oxygens (including phenoxy) is 1. The van der Waals surface area contributed by atoms with Gasteiger partial charge in [0.05, 0.1) is 6.61 Å². The zero-order chi connectivity index (χ0) is 12.9. The summed E-state index contributed by atoms with van der Waals surface area (Å²) in [6.45, 7) is 2.38. The Morgan fingerprint density at radius 3 is 2.44 bits per heavy atom. The highest BCUT2D eigenvalue weighted by molar-refractivity contribution is 5.85. The lowest BCUT2D eigenvalue weighted by molar-refractivity contribution is -0.149. The van der Waals surface area contributed by atoms with Gasteiger partial charge in [0.1, 0.15) is 11.8 Å². The third kappa shape index (κ3) is 4.74. The third-order valence-corrected chi connectivity index (χ3v) is 2.36. The largest absolute Gasteiger partial charge is 0.493 e. The van der Waals surface area contributed by atoms with Gasteiger partial charge in [-0.05, 0) is 12.5 Å². The Morgan fingerprint density at radius 1 is 1.28 bits per heavy atom. The van der Waals surface area contributed by atoms with Gasteiger partial charge in [-0.15, -0.1) is 12.4 Å². The van der Waals surface area contributed by atoms with Crippen LogP contribution in [0.2, 0.25) is 0 Å². The van der Waals surface area contributed by atoms with E-state index in [9.17, 15) is 13.2 Å². The van der Waals surface area contributed by atoms with Gasteiger partial charge in [-0.2, -0.15) is 13.2 Å². The van der Waals surface area contributed by atoms with Crippen molar-refractivity contribution in [2.75, 3.05) is 6.61 Å². The first-order valence-corrected chi connectivity index (χ1v) is 5.50. The van der Waals surface area contributed by atoms with Crippen molar-refractivity contribution >= 4 is 12.4 Å². The number of nitrogens with two attached hydrogens (primary N) is 1. The second kappa shape index (κ2) is 7.48. The van der Waals surface area contributed by atoms with Crippen molar-refractivity contribution in [2.24, 2.45) is 5.73 Å². The quantitative estimate of drug-likeness (QED) is 0.833. The number of benzene rings is 1. The molecule has 0 aliphatic rings. The third-order valence-electron chi connectivity index (χ3n) is 2.36. The van der Waals surface area contributed by atoms with Crippen LogP contribution in [0.1, 0.15) is 31.4 Å². The molecule has 0 saturated carbocycles. The van der Waals surface area contributed by atoms with E-state index in [1.54, 1.807) is 6.07 Å². The van der Waals surface area contributed by atoms with Crippen molar-refractivity contribution in [3.63, 3.8) is 0 Å². The minimum absolute atomic E-state index is 0. The van der Waals surface area contributed by atoms with Crippen molar-refractivity contribution in [3.05, 3.63) is 29.8 Å². The Hall–Kier alpha value is -0.940. The Labute approximate surface area is 111 Å². The van der Waals surface area contributed by atoms with Gasteiger partial charge in [-0.1, -0.05) is 31.5 Å². The van der Waals surface area contributed by atoms with E-state index in [0.717, 1.165) is 12.8 Å². The first-order chi connectivity index (χ1) is 7.96. The average molecular weight is 284 g/mol. The molecule has 0 bridgehead atoms. The van der Waals surface area contributed by atoms with Gasteiger partial charge in [0.15, 0.2) is 0 Å². The van der Waals surface area contributed by atoms with Gasteiger partial charge in [0, 0.05) is 5.56 Å². The van der Waals surface area contributed by atoms with E-state index in [4.69, 9.17) is 10.5 Å². The molecule has 0 unspecified atom stereocenters. The van der Waals surface area contributed by atoms with E-state index in [1.807, 2.05) is 6.92 Å². The Balaban J connectivity index is 0.00000289. The van der Waals surface area contributed by atoms with E-state index >= 15 is 0 Å². The van der Waals surface area contributed by atoms with Gasteiger partial charge in [0.2, 0.25) is 0 Å². The Morgan fingerprint density at radius 2 is 1.89 bits per heavy atom. The van der Waals surface area contributed by atoms with Crippen LogP contribution in [0.25, 0.3) is 0 Å². The molecule has 0 aliphatic carbocycles. The molecule has 1 atom stereocenters.